The maximum absolute atomic E-state index is 13.7. The summed E-state index contributed by atoms with van der Waals surface area (Å²) in [7, 11) is 0. The monoisotopic (exact) mass is 326 g/mol. The Kier molecular flexibility index (Phi) is 6.42. The molecular formula is C17H20F2O4. The summed E-state index contributed by atoms with van der Waals surface area (Å²) in [5.41, 5.74) is -0.969. The predicted octanol–water partition coefficient (Wildman–Crippen LogP) is 3.64. The van der Waals surface area contributed by atoms with E-state index in [1.807, 2.05) is 0 Å². The van der Waals surface area contributed by atoms with E-state index in [1.54, 1.807) is 27.7 Å². The predicted molar refractivity (Wildman–Crippen MR) is 81.4 cm³/mol. The summed E-state index contributed by atoms with van der Waals surface area (Å²) in [6.07, 6.45) is 0.701. The van der Waals surface area contributed by atoms with Crippen LogP contribution in [-0.4, -0.2) is 24.1 Å². The molecule has 0 spiro atoms. The van der Waals surface area contributed by atoms with Gasteiger partial charge >= 0.3 is 11.9 Å². The van der Waals surface area contributed by atoms with Gasteiger partial charge in [-0.15, -0.1) is 0 Å². The number of hydrogen-bond acceptors (Lipinski definition) is 4. The van der Waals surface area contributed by atoms with Crippen molar-refractivity contribution in [3.8, 4) is 0 Å². The van der Waals surface area contributed by atoms with Crippen molar-refractivity contribution in [2.75, 3.05) is 6.61 Å². The number of carbonyl (C=O) groups is 2. The minimum absolute atomic E-state index is 0.0934. The van der Waals surface area contributed by atoms with Gasteiger partial charge in [0.25, 0.3) is 0 Å². The van der Waals surface area contributed by atoms with E-state index in [9.17, 15) is 18.4 Å². The van der Waals surface area contributed by atoms with Crippen LogP contribution in [0.1, 0.15) is 39.7 Å². The van der Waals surface area contributed by atoms with Crippen LogP contribution in [0.3, 0.4) is 0 Å². The summed E-state index contributed by atoms with van der Waals surface area (Å²) in [6.45, 7) is 6.75. The number of ether oxygens (including phenoxy) is 2. The fraction of sp³-hybridized carbons (Fsp3) is 0.412. The molecule has 1 aromatic carbocycles. The van der Waals surface area contributed by atoms with Crippen molar-refractivity contribution < 1.29 is 27.8 Å². The summed E-state index contributed by atoms with van der Waals surface area (Å²) in [4.78, 5) is 23.8. The smallest absolute Gasteiger partial charge is 0.334 e. The minimum Gasteiger partial charge on any atom is -0.463 e. The van der Waals surface area contributed by atoms with Crippen LogP contribution in [-0.2, 0) is 19.1 Å². The van der Waals surface area contributed by atoms with Crippen molar-refractivity contribution in [3.63, 3.8) is 0 Å². The van der Waals surface area contributed by atoms with Crippen LogP contribution in [0.15, 0.2) is 23.8 Å². The van der Waals surface area contributed by atoms with Crippen LogP contribution in [0.5, 0.6) is 0 Å². The van der Waals surface area contributed by atoms with Gasteiger partial charge < -0.3 is 9.47 Å². The maximum Gasteiger partial charge on any atom is 0.334 e. The van der Waals surface area contributed by atoms with Crippen LogP contribution >= 0.6 is 0 Å². The Hall–Kier alpha value is -2.24. The molecule has 0 bridgehead atoms. The quantitative estimate of drug-likeness (QED) is 0.612. The highest BCUT2D eigenvalue weighted by molar-refractivity contribution is 5.98. The van der Waals surface area contributed by atoms with Crippen molar-refractivity contribution in [1.82, 2.24) is 0 Å². The second kappa shape index (κ2) is 7.85. The zero-order valence-electron chi connectivity index (χ0n) is 13.6. The first-order valence-corrected chi connectivity index (χ1v) is 7.17. The third-order valence-electron chi connectivity index (χ3n) is 2.60. The Morgan fingerprint density at radius 3 is 2.43 bits per heavy atom. The third kappa shape index (κ3) is 6.18. The van der Waals surface area contributed by atoms with Crippen molar-refractivity contribution in [2.24, 2.45) is 0 Å². The van der Waals surface area contributed by atoms with E-state index >= 15 is 0 Å². The van der Waals surface area contributed by atoms with Gasteiger partial charge in [-0.05, 0) is 39.8 Å². The second-order valence-corrected chi connectivity index (χ2v) is 5.80. The molecule has 23 heavy (non-hydrogen) atoms. The average Bonchev–Trinajstić information content (AvgIpc) is 2.41. The molecule has 0 amide bonds. The van der Waals surface area contributed by atoms with Gasteiger partial charge in [-0.1, -0.05) is 12.1 Å². The van der Waals surface area contributed by atoms with Crippen molar-refractivity contribution in [1.29, 1.82) is 0 Å². The molecule has 0 aliphatic carbocycles. The van der Waals surface area contributed by atoms with Crippen LogP contribution in [0, 0.1) is 11.6 Å². The van der Waals surface area contributed by atoms with Crippen molar-refractivity contribution >= 4 is 18.0 Å². The molecule has 1 aromatic rings. The van der Waals surface area contributed by atoms with E-state index in [0.717, 1.165) is 12.1 Å². The topological polar surface area (TPSA) is 52.6 Å². The highest BCUT2D eigenvalue weighted by Crippen LogP contribution is 2.19. The molecule has 0 aromatic heterocycles. The molecule has 0 radical (unpaired) electrons. The Morgan fingerprint density at radius 1 is 1.22 bits per heavy atom. The van der Waals surface area contributed by atoms with Gasteiger partial charge in [0.2, 0.25) is 0 Å². The molecule has 0 aliphatic rings. The number of esters is 2. The maximum atomic E-state index is 13.7. The van der Waals surface area contributed by atoms with Gasteiger partial charge in [-0.3, -0.25) is 4.79 Å². The third-order valence-corrected chi connectivity index (χ3v) is 2.60. The lowest BCUT2D eigenvalue weighted by Gasteiger charge is -2.19. The summed E-state index contributed by atoms with van der Waals surface area (Å²) in [6, 6.07) is 3.57. The summed E-state index contributed by atoms with van der Waals surface area (Å²) in [5, 5.41) is 0. The lowest BCUT2D eigenvalue weighted by Crippen LogP contribution is -2.25. The molecule has 0 fully saturated rings. The normalized spacial score (nSPS) is 12.0. The van der Waals surface area contributed by atoms with E-state index in [-0.39, 0.29) is 17.7 Å². The standard InChI is InChI=1S/C17H20F2O4/c1-5-22-16(21)12(10-14(20)23-17(2,3)4)9-11-7-6-8-13(18)15(11)19/h6-9H,5,10H2,1-4H3/b12-9+. The number of benzene rings is 1. The number of hydrogen-bond donors (Lipinski definition) is 0. The van der Waals surface area contributed by atoms with Gasteiger partial charge in [-0.25, -0.2) is 13.6 Å². The van der Waals surface area contributed by atoms with E-state index in [4.69, 9.17) is 9.47 Å². The second-order valence-electron chi connectivity index (χ2n) is 5.80. The van der Waals surface area contributed by atoms with Crippen LogP contribution in [0.4, 0.5) is 8.78 Å². The molecule has 0 heterocycles. The lowest BCUT2D eigenvalue weighted by atomic mass is 10.1. The molecule has 4 nitrogen and oxygen atoms in total. The minimum atomic E-state index is -1.10. The molecule has 0 saturated heterocycles. The first-order valence-electron chi connectivity index (χ1n) is 7.17. The fourth-order valence-corrected chi connectivity index (χ4v) is 1.76. The lowest BCUT2D eigenvalue weighted by molar-refractivity contribution is -0.155. The molecule has 0 unspecified atom stereocenters. The molecule has 0 N–H and O–H groups in total. The van der Waals surface area contributed by atoms with Gasteiger partial charge in [0.1, 0.15) is 5.60 Å². The molecule has 126 valence electrons. The highest BCUT2D eigenvalue weighted by Gasteiger charge is 2.21. The number of halogens is 2. The molecule has 0 aliphatic heterocycles. The summed E-state index contributed by atoms with van der Waals surface area (Å²) < 4.78 is 37.0. The van der Waals surface area contributed by atoms with Gasteiger partial charge in [-0.2, -0.15) is 0 Å². The van der Waals surface area contributed by atoms with E-state index in [2.05, 4.69) is 0 Å². The first kappa shape index (κ1) is 18.8. The van der Waals surface area contributed by atoms with E-state index < -0.39 is 35.6 Å². The molecule has 0 atom stereocenters. The Balaban J connectivity index is 3.10. The zero-order chi connectivity index (χ0) is 17.6. The van der Waals surface area contributed by atoms with Gasteiger partial charge in [0, 0.05) is 11.1 Å². The summed E-state index contributed by atoms with van der Waals surface area (Å²) in [5.74, 6) is -3.58. The highest BCUT2D eigenvalue weighted by atomic mass is 19.2. The SMILES string of the molecule is CCOC(=O)/C(=C/c1cccc(F)c1F)CC(=O)OC(C)(C)C. The molecule has 1 rings (SSSR count). The van der Waals surface area contributed by atoms with Gasteiger partial charge in [0.05, 0.1) is 13.0 Å². The molecule has 0 saturated carbocycles. The largest absolute Gasteiger partial charge is 0.463 e. The molecular weight excluding hydrogens is 306 g/mol. The van der Waals surface area contributed by atoms with Crippen LogP contribution in [0.2, 0.25) is 0 Å². The Morgan fingerprint density at radius 2 is 1.87 bits per heavy atom. The first-order chi connectivity index (χ1) is 10.6. The van der Waals surface area contributed by atoms with Crippen molar-refractivity contribution in [3.05, 3.63) is 41.0 Å². The molecule has 6 heteroatoms. The average molecular weight is 326 g/mol. The van der Waals surface area contributed by atoms with E-state index in [0.29, 0.717) is 0 Å². The Labute approximate surface area is 134 Å². The van der Waals surface area contributed by atoms with Crippen molar-refractivity contribution in [2.45, 2.75) is 39.7 Å². The fourth-order valence-electron chi connectivity index (χ4n) is 1.76. The number of carbonyl (C=O) groups excluding carboxylic acids is 2. The van der Waals surface area contributed by atoms with Gasteiger partial charge in [0.15, 0.2) is 11.6 Å². The van der Waals surface area contributed by atoms with Crippen LogP contribution in [0.25, 0.3) is 6.08 Å². The van der Waals surface area contributed by atoms with Crippen LogP contribution < -0.4 is 0 Å². The van der Waals surface area contributed by atoms with E-state index in [1.165, 1.54) is 12.1 Å². The Bertz CT molecular complexity index is 616. The zero-order valence-corrected chi connectivity index (χ0v) is 13.6. The number of rotatable bonds is 5. The summed E-state index contributed by atoms with van der Waals surface area (Å²) >= 11 is 0.